The normalized spacial score (nSPS) is 10.5. The van der Waals surface area contributed by atoms with Gasteiger partial charge in [0.2, 0.25) is 0 Å². The summed E-state index contributed by atoms with van der Waals surface area (Å²) in [6.45, 7) is 4.36. The molecule has 0 radical (unpaired) electrons. The molecule has 0 spiro atoms. The summed E-state index contributed by atoms with van der Waals surface area (Å²) in [7, 11) is 0. The van der Waals surface area contributed by atoms with E-state index in [1.807, 2.05) is 13.8 Å². The zero-order valence-electron chi connectivity index (χ0n) is 12.7. The lowest BCUT2D eigenvalue weighted by Gasteiger charge is -2.04. The number of rotatable bonds is 6. The van der Waals surface area contributed by atoms with Gasteiger partial charge in [-0.05, 0) is 42.7 Å². The van der Waals surface area contributed by atoms with E-state index in [4.69, 9.17) is 9.52 Å². The van der Waals surface area contributed by atoms with Crippen LogP contribution in [0.15, 0.2) is 34.7 Å². The Labute approximate surface area is 129 Å². The molecule has 0 unspecified atom stereocenters. The number of hydrogen-bond donors (Lipinski definition) is 2. The maximum atomic E-state index is 12.0. The summed E-state index contributed by atoms with van der Waals surface area (Å²) in [4.78, 5) is 22.7. The van der Waals surface area contributed by atoms with Crippen LogP contribution < -0.4 is 5.32 Å². The minimum atomic E-state index is -0.945. The number of carbonyl (C=O) groups excluding carboxylic acids is 1. The van der Waals surface area contributed by atoms with Crippen LogP contribution in [-0.4, -0.2) is 23.5 Å². The van der Waals surface area contributed by atoms with Crippen molar-refractivity contribution >= 4 is 11.9 Å². The van der Waals surface area contributed by atoms with E-state index in [2.05, 4.69) is 5.32 Å². The lowest BCUT2D eigenvalue weighted by Crippen LogP contribution is -2.25. The Bertz CT molecular complexity index is 670. The van der Waals surface area contributed by atoms with Crippen molar-refractivity contribution in [1.82, 2.24) is 5.32 Å². The van der Waals surface area contributed by atoms with E-state index in [1.54, 1.807) is 30.3 Å². The first kappa shape index (κ1) is 15.8. The first-order valence-corrected chi connectivity index (χ1v) is 7.21. The van der Waals surface area contributed by atoms with Gasteiger partial charge in [-0.1, -0.05) is 19.1 Å². The first-order chi connectivity index (χ1) is 10.5. The van der Waals surface area contributed by atoms with Crippen molar-refractivity contribution in [3.8, 4) is 0 Å². The van der Waals surface area contributed by atoms with Crippen LogP contribution in [0.5, 0.6) is 0 Å². The predicted octanol–water partition coefficient (Wildman–Crippen LogP) is 2.82. The lowest BCUT2D eigenvalue weighted by molar-refractivity contribution is 0.0696. The second kappa shape index (κ2) is 6.93. The van der Waals surface area contributed by atoms with Crippen molar-refractivity contribution in [1.29, 1.82) is 0 Å². The van der Waals surface area contributed by atoms with Crippen LogP contribution in [0.2, 0.25) is 0 Å². The van der Waals surface area contributed by atoms with Gasteiger partial charge >= 0.3 is 5.97 Å². The van der Waals surface area contributed by atoms with Gasteiger partial charge in [-0.2, -0.15) is 0 Å². The number of benzene rings is 1. The fraction of sp³-hybridized carbons (Fsp3) is 0.294. The Morgan fingerprint density at radius 3 is 2.45 bits per heavy atom. The first-order valence-electron chi connectivity index (χ1n) is 7.21. The van der Waals surface area contributed by atoms with Gasteiger partial charge in [-0.25, -0.2) is 4.79 Å². The third-order valence-corrected chi connectivity index (χ3v) is 3.47. The van der Waals surface area contributed by atoms with E-state index < -0.39 is 5.97 Å². The van der Waals surface area contributed by atoms with E-state index >= 15 is 0 Å². The molecule has 0 aliphatic heterocycles. The van der Waals surface area contributed by atoms with Crippen LogP contribution in [0, 0.1) is 6.92 Å². The Morgan fingerprint density at radius 1 is 1.23 bits per heavy atom. The summed E-state index contributed by atoms with van der Waals surface area (Å²) in [5.74, 6) is -0.0188. The highest BCUT2D eigenvalue weighted by molar-refractivity contribution is 5.91. The fourth-order valence-electron chi connectivity index (χ4n) is 2.20. The molecule has 0 saturated heterocycles. The number of carboxylic acid groups (broad SMARTS) is 1. The number of aryl methyl sites for hydroxylation is 2. The molecule has 2 rings (SSSR count). The predicted molar refractivity (Wildman–Crippen MR) is 82.3 cm³/mol. The standard InChI is InChI=1S/C17H19NO4/c1-3-14-11(2)10-15(22-14)16(19)18-9-8-12-4-6-13(7-5-12)17(20)21/h4-7,10H,3,8-9H2,1-2H3,(H,18,19)(H,20,21). The summed E-state index contributed by atoms with van der Waals surface area (Å²) >= 11 is 0. The summed E-state index contributed by atoms with van der Waals surface area (Å²) in [5, 5.41) is 11.6. The molecule has 5 heteroatoms. The molecule has 0 aliphatic carbocycles. The van der Waals surface area contributed by atoms with Gasteiger partial charge in [-0.15, -0.1) is 0 Å². The molecular formula is C17H19NO4. The quantitative estimate of drug-likeness (QED) is 0.860. The molecule has 0 fully saturated rings. The van der Waals surface area contributed by atoms with Gasteiger partial charge in [-0.3, -0.25) is 4.79 Å². The molecule has 5 nitrogen and oxygen atoms in total. The van der Waals surface area contributed by atoms with Gasteiger partial charge in [0.1, 0.15) is 5.76 Å². The minimum absolute atomic E-state index is 0.232. The molecule has 116 valence electrons. The van der Waals surface area contributed by atoms with Crippen LogP contribution >= 0.6 is 0 Å². The largest absolute Gasteiger partial charge is 0.478 e. The molecule has 1 amide bonds. The number of hydrogen-bond acceptors (Lipinski definition) is 3. The van der Waals surface area contributed by atoms with E-state index in [0.29, 0.717) is 18.7 Å². The van der Waals surface area contributed by atoms with Gasteiger partial charge in [0.25, 0.3) is 5.91 Å². The van der Waals surface area contributed by atoms with Gasteiger partial charge < -0.3 is 14.8 Å². The Morgan fingerprint density at radius 2 is 1.91 bits per heavy atom. The molecule has 2 aromatic rings. The summed E-state index contributed by atoms with van der Waals surface area (Å²) < 4.78 is 5.49. The zero-order valence-corrected chi connectivity index (χ0v) is 12.7. The van der Waals surface area contributed by atoms with Crippen molar-refractivity contribution in [3.63, 3.8) is 0 Å². The molecule has 2 N–H and O–H groups in total. The molecule has 0 saturated carbocycles. The molecular weight excluding hydrogens is 282 g/mol. The van der Waals surface area contributed by atoms with Crippen molar-refractivity contribution < 1.29 is 19.1 Å². The number of carboxylic acids is 1. The third-order valence-electron chi connectivity index (χ3n) is 3.47. The van der Waals surface area contributed by atoms with Crippen LogP contribution in [0.1, 0.15) is 44.7 Å². The Balaban J connectivity index is 1.87. The maximum Gasteiger partial charge on any atom is 0.335 e. The van der Waals surface area contributed by atoms with E-state index in [0.717, 1.165) is 23.3 Å². The average molecular weight is 301 g/mol. The number of nitrogens with one attached hydrogen (secondary N) is 1. The monoisotopic (exact) mass is 301 g/mol. The third kappa shape index (κ3) is 3.75. The van der Waals surface area contributed by atoms with Crippen LogP contribution in [0.3, 0.4) is 0 Å². The molecule has 0 bridgehead atoms. The molecule has 0 atom stereocenters. The van der Waals surface area contributed by atoms with Crippen molar-refractivity contribution in [2.45, 2.75) is 26.7 Å². The van der Waals surface area contributed by atoms with Crippen LogP contribution in [-0.2, 0) is 12.8 Å². The lowest BCUT2D eigenvalue weighted by atomic mass is 10.1. The van der Waals surface area contributed by atoms with Crippen molar-refractivity contribution in [3.05, 3.63) is 58.5 Å². The SMILES string of the molecule is CCc1oc(C(=O)NCCc2ccc(C(=O)O)cc2)cc1C. The molecule has 22 heavy (non-hydrogen) atoms. The Hall–Kier alpha value is -2.56. The molecule has 1 heterocycles. The van der Waals surface area contributed by atoms with Gasteiger partial charge in [0.05, 0.1) is 5.56 Å². The molecule has 1 aromatic carbocycles. The highest BCUT2D eigenvalue weighted by Gasteiger charge is 2.13. The zero-order chi connectivity index (χ0) is 16.1. The van der Waals surface area contributed by atoms with E-state index in [1.165, 1.54) is 0 Å². The fourth-order valence-corrected chi connectivity index (χ4v) is 2.20. The highest BCUT2D eigenvalue weighted by atomic mass is 16.4. The summed E-state index contributed by atoms with van der Waals surface area (Å²) in [6, 6.07) is 8.37. The molecule has 0 aliphatic rings. The summed E-state index contributed by atoms with van der Waals surface area (Å²) in [6.07, 6.45) is 1.39. The van der Waals surface area contributed by atoms with Gasteiger partial charge in [0, 0.05) is 13.0 Å². The van der Waals surface area contributed by atoms with Crippen molar-refractivity contribution in [2.75, 3.05) is 6.54 Å². The topological polar surface area (TPSA) is 79.5 Å². The average Bonchev–Trinajstić information content (AvgIpc) is 2.89. The van der Waals surface area contributed by atoms with Crippen LogP contribution in [0.4, 0.5) is 0 Å². The number of furan rings is 1. The Kier molecular flexibility index (Phi) is 4.99. The van der Waals surface area contributed by atoms with E-state index in [-0.39, 0.29) is 11.5 Å². The second-order valence-corrected chi connectivity index (χ2v) is 5.08. The number of amides is 1. The molecule has 1 aromatic heterocycles. The van der Waals surface area contributed by atoms with Crippen LogP contribution in [0.25, 0.3) is 0 Å². The number of carbonyl (C=O) groups is 2. The highest BCUT2D eigenvalue weighted by Crippen LogP contribution is 2.15. The number of aromatic carboxylic acids is 1. The minimum Gasteiger partial charge on any atom is -0.478 e. The van der Waals surface area contributed by atoms with E-state index in [9.17, 15) is 9.59 Å². The van der Waals surface area contributed by atoms with Gasteiger partial charge in [0.15, 0.2) is 5.76 Å². The van der Waals surface area contributed by atoms with Crippen molar-refractivity contribution in [2.24, 2.45) is 0 Å². The smallest absolute Gasteiger partial charge is 0.335 e. The second-order valence-electron chi connectivity index (χ2n) is 5.08. The summed E-state index contributed by atoms with van der Waals surface area (Å²) in [5.41, 5.74) is 2.21. The maximum absolute atomic E-state index is 12.0.